The van der Waals surface area contributed by atoms with Crippen LogP contribution in [0.2, 0.25) is 0 Å². The smallest absolute Gasteiger partial charge is 0.191 e. The first-order valence-corrected chi connectivity index (χ1v) is 11.2. The summed E-state index contributed by atoms with van der Waals surface area (Å²) in [5, 5.41) is 10.4. The summed E-state index contributed by atoms with van der Waals surface area (Å²) in [4.78, 5) is 9.17. The van der Waals surface area contributed by atoms with Crippen molar-refractivity contribution in [2.75, 3.05) is 18.8 Å². The molecule has 0 spiro atoms. The second kappa shape index (κ2) is 10.1. The molecule has 1 aromatic heterocycles. The van der Waals surface area contributed by atoms with Crippen LogP contribution in [-0.4, -0.2) is 45.3 Å². The molecule has 3 atom stereocenters. The fourth-order valence-electron chi connectivity index (χ4n) is 3.07. The lowest BCUT2D eigenvalue weighted by Crippen LogP contribution is -2.46. The molecule has 0 amide bonds. The van der Waals surface area contributed by atoms with Crippen molar-refractivity contribution in [2.24, 2.45) is 4.99 Å². The molecule has 0 aliphatic heterocycles. The molecule has 1 aliphatic rings. The minimum absolute atomic E-state index is 0.335. The van der Waals surface area contributed by atoms with E-state index < -0.39 is 10.8 Å². The Morgan fingerprint density at radius 3 is 2.96 bits per heavy atom. The molecule has 136 valence electrons. The van der Waals surface area contributed by atoms with Crippen LogP contribution in [0.25, 0.3) is 0 Å². The Kier molecular flexibility index (Phi) is 8.18. The molecule has 1 aliphatic carbocycles. The van der Waals surface area contributed by atoms with Crippen LogP contribution in [0.4, 0.5) is 0 Å². The van der Waals surface area contributed by atoms with E-state index in [2.05, 4.69) is 32.9 Å². The van der Waals surface area contributed by atoms with Gasteiger partial charge in [-0.2, -0.15) is 0 Å². The van der Waals surface area contributed by atoms with Gasteiger partial charge in [-0.05, 0) is 33.1 Å². The van der Waals surface area contributed by atoms with Crippen molar-refractivity contribution in [3.05, 3.63) is 16.1 Å². The van der Waals surface area contributed by atoms with E-state index in [1.54, 1.807) is 11.3 Å². The second-order valence-corrected chi connectivity index (χ2v) is 9.24. The summed E-state index contributed by atoms with van der Waals surface area (Å²) in [5.74, 6) is 1.64. The first kappa shape index (κ1) is 19.4. The third-order valence-electron chi connectivity index (χ3n) is 4.27. The van der Waals surface area contributed by atoms with Crippen LogP contribution in [0.15, 0.2) is 10.4 Å². The van der Waals surface area contributed by atoms with Crippen LogP contribution in [-0.2, 0) is 17.2 Å². The Bertz CT molecular complexity index is 559. The Labute approximate surface area is 152 Å². The maximum Gasteiger partial charge on any atom is 0.191 e. The maximum absolute atomic E-state index is 12.1. The molecule has 0 aromatic carbocycles. The molecular formula is C17H30N4OS2. The van der Waals surface area contributed by atoms with E-state index in [1.165, 1.54) is 0 Å². The predicted molar refractivity (Wildman–Crippen MR) is 104 cm³/mol. The number of hydrogen-bond donors (Lipinski definition) is 2. The molecule has 0 radical (unpaired) electrons. The van der Waals surface area contributed by atoms with Crippen molar-refractivity contribution in [1.29, 1.82) is 0 Å². The highest BCUT2D eigenvalue weighted by atomic mass is 32.2. The summed E-state index contributed by atoms with van der Waals surface area (Å²) >= 11 is 1.69. The molecule has 2 rings (SSSR count). The molecule has 0 saturated heterocycles. The Balaban J connectivity index is 1.87. The summed E-state index contributed by atoms with van der Waals surface area (Å²) in [6.07, 6.45) is 5.22. The maximum atomic E-state index is 12.1. The minimum Gasteiger partial charge on any atom is -0.357 e. The fraction of sp³-hybridized carbons (Fsp3) is 0.765. The average molecular weight is 371 g/mol. The number of rotatable bonds is 7. The van der Waals surface area contributed by atoms with Gasteiger partial charge in [0.25, 0.3) is 0 Å². The Morgan fingerprint density at radius 1 is 1.46 bits per heavy atom. The van der Waals surface area contributed by atoms with Gasteiger partial charge in [0.1, 0.15) is 0 Å². The van der Waals surface area contributed by atoms with E-state index in [9.17, 15) is 4.21 Å². The summed E-state index contributed by atoms with van der Waals surface area (Å²) in [5.41, 5.74) is 1.12. The van der Waals surface area contributed by atoms with Gasteiger partial charge in [-0.15, -0.1) is 11.3 Å². The summed E-state index contributed by atoms with van der Waals surface area (Å²) in [6.45, 7) is 7.70. The Morgan fingerprint density at radius 2 is 2.29 bits per heavy atom. The number of hydrogen-bond acceptors (Lipinski definition) is 4. The van der Waals surface area contributed by atoms with Gasteiger partial charge in [0.05, 0.1) is 10.7 Å². The number of aromatic nitrogens is 1. The number of aliphatic imine (C=N–C) groups is 1. The Hall–Kier alpha value is -0.950. The lowest BCUT2D eigenvalue weighted by atomic mass is 9.95. The molecular weight excluding hydrogens is 340 g/mol. The third-order valence-corrected chi connectivity index (χ3v) is 6.83. The van der Waals surface area contributed by atoms with E-state index in [0.29, 0.717) is 11.3 Å². The highest BCUT2D eigenvalue weighted by Crippen LogP contribution is 2.23. The van der Waals surface area contributed by atoms with E-state index >= 15 is 0 Å². The molecule has 2 N–H and O–H groups in total. The van der Waals surface area contributed by atoms with Crippen molar-refractivity contribution >= 4 is 28.1 Å². The molecule has 7 heteroatoms. The number of thiazole rings is 1. The van der Waals surface area contributed by atoms with Crippen molar-refractivity contribution in [3.63, 3.8) is 0 Å². The van der Waals surface area contributed by atoms with Crippen molar-refractivity contribution < 1.29 is 4.21 Å². The molecule has 1 aromatic rings. The number of guanidine groups is 1. The van der Waals surface area contributed by atoms with E-state index in [4.69, 9.17) is 0 Å². The van der Waals surface area contributed by atoms with E-state index in [0.717, 1.165) is 67.6 Å². The SMILES string of the molecule is CCNC(=NCCc1csc(C)n1)NC1CCCC(S(=O)CC)C1. The molecule has 1 heterocycles. The first-order valence-electron chi connectivity index (χ1n) is 8.95. The van der Waals surface area contributed by atoms with Crippen LogP contribution in [0.3, 0.4) is 0 Å². The van der Waals surface area contributed by atoms with Crippen LogP contribution < -0.4 is 10.6 Å². The fourth-order valence-corrected chi connectivity index (χ4v) is 5.06. The lowest BCUT2D eigenvalue weighted by molar-refractivity contribution is 0.413. The molecule has 1 fully saturated rings. The first-order chi connectivity index (χ1) is 11.6. The van der Waals surface area contributed by atoms with Gasteiger partial charge in [0.15, 0.2) is 5.96 Å². The highest BCUT2D eigenvalue weighted by molar-refractivity contribution is 7.85. The van der Waals surface area contributed by atoms with Crippen molar-refractivity contribution in [2.45, 2.75) is 64.2 Å². The van der Waals surface area contributed by atoms with Crippen LogP contribution in [0.1, 0.15) is 50.2 Å². The van der Waals surface area contributed by atoms with Gasteiger partial charge in [-0.25, -0.2) is 4.98 Å². The normalized spacial score (nSPS) is 23.0. The van der Waals surface area contributed by atoms with Crippen molar-refractivity contribution in [1.82, 2.24) is 15.6 Å². The lowest BCUT2D eigenvalue weighted by Gasteiger charge is -2.30. The average Bonchev–Trinajstić information content (AvgIpc) is 3.00. The topological polar surface area (TPSA) is 66.4 Å². The standard InChI is InChI=1S/C17H30N4OS2/c1-4-18-17(19-10-9-15-12-23-13(3)20-15)21-14-7-6-8-16(11-14)24(22)5-2/h12,14,16H,4-11H2,1-3H3,(H2,18,19,21). The molecule has 0 bridgehead atoms. The van der Waals surface area contributed by atoms with Crippen LogP contribution in [0, 0.1) is 6.92 Å². The van der Waals surface area contributed by atoms with E-state index in [1.807, 2.05) is 13.8 Å². The monoisotopic (exact) mass is 370 g/mol. The van der Waals surface area contributed by atoms with Gasteiger partial charge >= 0.3 is 0 Å². The zero-order chi connectivity index (χ0) is 17.4. The molecule has 3 unspecified atom stereocenters. The zero-order valence-electron chi connectivity index (χ0n) is 15.0. The molecule has 1 saturated carbocycles. The third kappa shape index (κ3) is 6.16. The van der Waals surface area contributed by atoms with Gasteiger partial charge in [0.2, 0.25) is 0 Å². The van der Waals surface area contributed by atoms with Crippen LogP contribution >= 0.6 is 11.3 Å². The van der Waals surface area contributed by atoms with Gasteiger partial charge in [0, 0.05) is 52.7 Å². The summed E-state index contributed by atoms with van der Waals surface area (Å²) in [7, 11) is -0.688. The van der Waals surface area contributed by atoms with Gasteiger partial charge in [-0.1, -0.05) is 13.3 Å². The number of nitrogens with zero attached hydrogens (tertiary/aromatic N) is 2. The summed E-state index contributed by atoms with van der Waals surface area (Å²) < 4.78 is 12.1. The summed E-state index contributed by atoms with van der Waals surface area (Å²) in [6, 6.07) is 0.374. The highest BCUT2D eigenvalue weighted by Gasteiger charge is 2.25. The quantitative estimate of drug-likeness (QED) is 0.572. The molecule has 24 heavy (non-hydrogen) atoms. The predicted octanol–water partition coefficient (Wildman–Crippen LogP) is 2.63. The largest absolute Gasteiger partial charge is 0.357 e. The number of nitrogens with one attached hydrogen (secondary N) is 2. The van der Waals surface area contributed by atoms with Gasteiger partial charge < -0.3 is 10.6 Å². The minimum atomic E-state index is -0.688. The molecule has 5 nitrogen and oxygen atoms in total. The number of aryl methyl sites for hydroxylation is 1. The zero-order valence-corrected chi connectivity index (χ0v) is 16.6. The second-order valence-electron chi connectivity index (χ2n) is 6.17. The van der Waals surface area contributed by atoms with Crippen molar-refractivity contribution in [3.8, 4) is 0 Å². The van der Waals surface area contributed by atoms with Crippen LogP contribution in [0.5, 0.6) is 0 Å². The van der Waals surface area contributed by atoms with Gasteiger partial charge in [-0.3, -0.25) is 9.20 Å². The van der Waals surface area contributed by atoms with E-state index in [-0.39, 0.29) is 0 Å².